The zero-order valence-electron chi connectivity index (χ0n) is 20.5. The van der Waals surface area contributed by atoms with Gasteiger partial charge in [0.25, 0.3) is 11.5 Å². The molecule has 182 valence electrons. The fourth-order valence-electron chi connectivity index (χ4n) is 4.95. The molecule has 2 aliphatic rings. The molecule has 1 amide bonds. The van der Waals surface area contributed by atoms with E-state index in [0.29, 0.717) is 33.8 Å². The molecule has 7 heteroatoms. The summed E-state index contributed by atoms with van der Waals surface area (Å²) in [5.74, 6) is 0.617. The van der Waals surface area contributed by atoms with E-state index in [4.69, 9.17) is 12.2 Å². The Labute approximate surface area is 212 Å². The summed E-state index contributed by atoms with van der Waals surface area (Å²) in [5.41, 5.74) is 2.49. The number of benzene rings is 1. The molecule has 34 heavy (non-hydrogen) atoms. The van der Waals surface area contributed by atoms with E-state index in [1.807, 2.05) is 35.8 Å². The number of para-hydroxylation sites is 1. The number of amides is 1. The van der Waals surface area contributed by atoms with Crippen LogP contribution in [-0.2, 0) is 11.3 Å². The molecule has 4 rings (SSSR count). The van der Waals surface area contributed by atoms with Gasteiger partial charge in [-0.25, -0.2) is 0 Å². The van der Waals surface area contributed by atoms with Gasteiger partial charge in [0.05, 0.1) is 21.7 Å². The van der Waals surface area contributed by atoms with Crippen LogP contribution in [0.25, 0.3) is 17.0 Å². The van der Waals surface area contributed by atoms with Gasteiger partial charge >= 0.3 is 0 Å². The molecule has 2 saturated heterocycles. The van der Waals surface area contributed by atoms with Crippen molar-refractivity contribution >= 4 is 56.9 Å². The van der Waals surface area contributed by atoms with Crippen LogP contribution in [-0.4, -0.2) is 39.3 Å². The number of piperidine rings is 1. The number of thioether (sulfide) groups is 1. The van der Waals surface area contributed by atoms with E-state index in [2.05, 4.69) is 24.8 Å². The molecule has 1 aromatic carbocycles. The number of unbranched alkanes of at least 4 members (excludes halogenated alkanes) is 3. The highest BCUT2D eigenvalue weighted by atomic mass is 32.2. The molecular weight excluding hydrogens is 462 g/mol. The van der Waals surface area contributed by atoms with Crippen molar-refractivity contribution in [3.63, 3.8) is 0 Å². The quantitative estimate of drug-likeness (QED) is 0.253. The van der Waals surface area contributed by atoms with Crippen molar-refractivity contribution in [2.45, 2.75) is 65.8 Å². The second-order valence-corrected chi connectivity index (χ2v) is 11.1. The minimum atomic E-state index is -0.0691. The molecule has 2 aromatic rings. The number of thiocarbonyl (C=S) groups is 1. The summed E-state index contributed by atoms with van der Waals surface area (Å²) in [4.78, 5) is 31.7. The lowest BCUT2D eigenvalue weighted by atomic mass is 9.97. The van der Waals surface area contributed by atoms with Crippen LogP contribution in [0, 0.1) is 5.92 Å². The van der Waals surface area contributed by atoms with E-state index in [0.717, 1.165) is 68.2 Å². The van der Waals surface area contributed by atoms with E-state index >= 15 is 0 Å². The second kappa shape index (κ2) is 11.1. The maximum atomic E-state index is 13.8. The lowest BCUT2D eigenvalue weighted by Crippen LogP contribution is -2.36. The number of carbonyl (C=O) groups is 1. The smallest absolute Gasteiger partial charge is 0.266 e. The molecule has 3 heterocycles. The van der Waals surface area contributed by atoms with E-state index in [1.165, 1.54) is 11.8 Å². The highest BCUT2D eigenvalue weighted by Crippen LogP contribution is 2.37. The summed E-state index contributed by atoms with van der Waals surface area (Å²) in [6.07, 6.45) is 8.38. The average Bonchev–Trinajstić information content (AvgIpc) is 3.10. The zero-order valence-corrected chi connectivity index (χ0v) is 22.1. The van der Waals surface area contributed by atoms with E-state index < -0.39 is 0 Å². The highest BCUT2D eigenvalue weighted by molar-refractivity contribution is 8.26. The van der Waals surface area contributed by atoms with Gasteiger partial charge in [-0.05, 0) is 44.2 Å². The number of pyridine rings is 1. The summed E-state index contributed by atoms with van der Waals surface area (Å²) in [6.45, 7) is 9.52. The molecule has 0 bridgehead atoms. The lowest BCUT2D eigenvalue weighted by Gasteiger charge is -2.34. The lowest BCUT2D eigenvalue weighted by molar-refractivity contribution is -0.122. The molecule has 0 N–H and O–H groups in total. The third kappa shape index (κ3) is 4.96. The van der Waals surface area contributed by atoms with E-state index in [1.54, 1.807) is 4.90 Å². The predicted octanol–water partition coefficient (Wildman–Crippen LogP) is 6.04. The van der Waals surface area contributed by atoms with Crippen LogP contribution in [0.4, 0.5) is 5.69 Å². The van der Waals surface area contributed by atoms with Crippen LogP contribution in [0.2, 0.25) is 0 Å². The minimum absolute atomic E-state index is 0.0389. The summed E-state index contributed by atoms with van der Waals surface area (Å²) in [6, 6.07) is 8.14. The Balaban J connectivity index is 1.79. The second-order valence-electron chi connectivity index (χ2n) is 9.39. The minimum Gasteiger partial charge on any atom is -0.370 e. The number of aromatic nitrogens is 1. The largest absolute Gasteiger partial charge is 0.370 e. The van der Waals surface area contributed by atoms with Crippen molar-refractivity contribution in [3.05, 3.63) is 45.1 Å². The molecular formula is C27H35N3O2S2. The Kier molecular flexibility index (Phi) is 8.14. The number of aryl methyl sites for hydroxylation is 1. The molecule has 0 spiro atoms. The average molecular weight is 498 g/mol. The fraction of sp³-hybridized carbons (Fsp3) is 0.519. The number of hydrogen-bond acceptors (Lipinski definition) is 5. The molecule has 0 saturated carbocycles. The van der Waals surface area contributed by atoms with Gasteiger partial charge in [0.1, 0.15) is 4.32 Å². The number of carbonyl (C=O) groups excluding carboxylic acids is 1. The Morgan fingerprint density at radius 1 is 1.09 bits per heavy atom. The maximum absolute atomic E-state index is 13.8. The fourth-order valence-corrected chi connectivity index (χ4v) is 6.24. The predicted molar refractivity (Wildman–Crippen MR) is 149 cm³/mol. The molecule has 0 unspecified atom stereocenters. The van der Waals surface area contributed by atoms with Crippen molar-refractivity contribution in [2.24, 2.45) is 5.92 Å². The molecule has 0 atom stereocenters. The Morgan fingerprint density at radius 2 is 1.82 bits per heavy atom. The molecule has 0 aliphatic carbocycles. The first-order valence-corrected chi connectivity index (χ1v) is 13.8. The first-order valence-electron chi connectivity index (χ1n) is 12.6. The number of hydrogen-bond donors (Lipinski definition) is 0. The number of nitrogens with zero attached hydrogens (tertiary/aromatic N) is 3. The van der Waals surface area contributed by atoms with Gasteiger partial charge in [-0.3, -0.25) is 14.5 Å². The number of anilines is 1. The normalized spacial score (nSPS) is 18.6. The molecule has 0 radical (unpaired) electrons. The topological polar surface area (TPSA) is 45.6 Å². The number of rotatable bonds is 8. The van der Waals surface area contributed by atoms with E-state index in [9.17, 15) is 9.59 Å². The van der Waals surface area contributed by atoms with Gasteiger partial charge in [0.15, 0.2) is 0 Å². The first kappa shape index (κ1) is 25.0. The van der Waals surface area contributed by atoms with Crippen molar-refractivity contribution < 1.29 is 4.79 Å². The van der Waals surface area contributed by atoms with Gasteiger partial charge in [0, 0.05) is 31.6 Å². The molecule has 2 fully saturated rings. The molecule has 5 nitrogen and oxygen atoms in total. The summed E-state index contributed by atoms with van der Waals surface area (Å²) >= 11 is 6.88. The molecule has 2 aliphatic heterocycles. The third-order valence-electron chi connectivity index (χ3n) is 6.98. The third-order valence-corrected chi connectivity index (χ3v) is 8.36. The van der Waals surface area contributed by atoms with Crippen LogP contribution in [0.5, 0.6) is 0 Å². The monoisotopic (exact) mass is 497 g/mol. The van der Waals surface area contributed by atoms with Gasteiger partial charge in [-0.1, -0.05) is 75.3 Å². The van der Waals surface area contributed by atoms with Crippen molar-refractivity contribution in [2.75, 3.05) is 24.5 Å². The van der Waals surface area contributed by atoms with Crippen LogP contribution in [0.1, 0.15) is 64.9 Å². The summed E-state index contributed by atoms with van der Waals surface area (Å²) < 4.78 is 2.42. The van der Waals surface area contributed by atoms with Crippen molar-refractivity contribution in [3.8, 4) is 0 Å². The first-order chi connectivity index (χ1) is 16.5. The Bertz CT molecular complexity index is 1160. The molecule has 1 aromatic heterocycles. The van der Waals surface area contributed by atoms with Gasteiger partial charge in [-0.15, -0.1) is 0 Å². The van der Waals surface area contributed by atoms with Crippen LogP contribution in [0.3, 0.4) is 0 Å². The Morgan fingerprint density at radius 3 is 2.53 bits per heavy atom. The number of fused-ring (bicyclic) bond motifs is 1. The maximum Gasteiger partial charge on any atom is 0.266 e. The van der Waals surface area contributed by atoms with Gasteiger partial charge < -0.3 is 9.47 Å². The van der Waals surface area contributed by atoms with Gasteiger partial charge in [0.2, 0.25) is 0 Å². The standard InChI is InChI=1S/C27H35N3O2S2/c1-4-6-7-10-15-30-26(32)23(34-27(30)33)18-21-24(28-16-13-19(3)14-17-28)20-11-8-9-12-22(20)29(5-2)25(21)31/h8-9,11-12,18-19H,4-7,10,13-17H2,1-3H3. The van der Waals surface area contributed by atoms with Crippen LogP contribution < -0.4 is 10.5 Å². The SMILES string of the molecule is CCCCCCN1C(=O)C(=Cc2c(N3CCC(C)CC3)c3ccccc3n(CC)c2=O)SC1=S. The van der Waals surface area contributed by atoms with Crippen molar-refractivity contribution in [1.29, 1.82) is 0 Å². The van der Waals surface area contributed by atoms with Crippen molar-refractivity contribution in [1.82, 2.24) is 9.47 Å². The summed E-state index contributed by atoms with van der Waals surface area (Å²) in [5, 5.41) is 1.07. The Hall–Kier alpha value is -2.12. The van der Waals surface area contributed by atoms with Crippen LogP contribution in [0.15, 0.2) is 34.0 Å². The summed E-state index contributed by atoms with van der Waals surface area (Å²) in [7, 11) is 0. The van der Waals surface area contributed by atoms with Gasteiger partial charge in [-0.2, -0.15) is 0 Å². The highest BCUT2D eigenvalue weighted by Gasteiger charge is 2.33. The van der Waals surface area contributed by atoms with E-state index in [-0.39, 0.29) is 11.5 Å². The zero-order chi connectivity index (χ0) is 24.2. The van der Waals surface area contributed by atoms with Crippen LogP contribution >= 0.6 is 24.0 Å².